The van der Waals surface area contributed by atoms with Gasteiger partial charge < -0.3 is 15.1 Å². The number of halogens is 1. The van der Waals surface area contributed by atoms with Gasteiger partial charge in [0.05, 0.1) is 5.56 Å². The number of aromatic nitrogens is 1. The van der Waals surface area contributed by atoms with Crippen molar-refractivity contribution in [2.45, 2.75) is 18.9 Å². The molecule has 20 heavy (non-hydrogen) atoms. The van der Waals surface area contributed by atoms with Crippen LogP contribution in [0.1, 0.15) is 23.2 Å². The zero-order valence-electron chi connectivity index (χ0n) is 12.2. The third kappa shape index (κ3) is 2.90. The zero-order valence-corrected chi connectivity index (χ0v) is 12.2. The Labute approximate surface area is 118 Å². The minimum absolute atomic E-state index is 0.0695. The van der Waals surface area contributed by atoms with Crippen LogP contribution in [0.25, 0.3) is 0 Å². The predicted octanol–water partition coefficient (Wildman–Crippen LogP) is 1.43. The summed E-state index contributed by atoms with van der Waals surface area (Å²) in [4.78, 5) is 20.2. The van der Waals surface area contributed by atoms with E-state index < -0.39 is 5.82 Å². The van der Waals surface area contributed by atoms with E-state index in [1.54, 1.807) is 19.0 Å². The van der Waals surface area contributed by atoms with Gasteiger partial charge in [-0.25, -0.2) is 9.37 Å². The highest BCUT2D eigenvalue weighted by molar-refractivity contribution is 5.95. The van der Waals surface area contributed by atoms with Crippen LogP contribution in [-0.2, 0) is 0 Å². The number of amides is 1. The summed E-state index contributed by atoms with van der Waals surface area (Å²) in [6.45, 7) is 1.87. The van der Waals surface area contributed by atoms with Gasteiger partial charge in [-0.1, -0.05) is 0 Å². The normalized spacial score (nSPS) is 19.7. The zero-order chi connectivity index (χ0) is 14.7. The number of piperidine rings is 1. The molecular weight excluding hydrogens is 259 g/mol. The lowest BCUT2D eigenvalue weighted by molar-refractivity contribution is 0.0639. The van der Waals surface area contributed by atoms with E-state index in [9.17, 15) is 9.18 Å². The third-order valence-electron chi connectivity index (χ3n) is 3.82. The largest absolute Gasteiger partial charge is 0.371 e. The van der Waals surface area contributed by atoms with Gasteiger partial charge >= 0.3 is 0 Å². The molecule has 0 saturated carbocycles. The van der Waals surface area contributed by atoms with Crippen molar-refractivity contribution in [2.24, 2.45) is 0 Å². The number of likely N-dealkylation sites (tertiary alicyclic amines) is 1. The maximum atomic E-state index is 14.1. The van der Waals surface area contributed by atoms with Crippen LogP contribution in [0.5, 0.6) is 0 Å². The molecule has 110 valence electrons. The second-order valence-electron chi connectivity index (χ2n) is 5.25. The maximum absolute atomic E-state index is 14.1. The summed E-state index contributed by atoms with van der Waals surface area (Å²) < 4.78 is 14.1. The number of anilines is 1. The van der Waals surface area contributed by atoms with Gasteiger partial charge in [0.2, 0.25) is 0 Å². The molecule has 1 saturated heterocycles. The minimum Gasteiger partial charge on any atom is -0.371 e. The van der Waals surface area contributed by atoms with E-state index in [0.717, 1.165) is 25.9 Å². The summed E-state index contributed by atoms with van der Waals surface area (Å²) in [6.07, 6.45) is 3.46. The van der Waals surface area contributed by atoms with Gasteiger partial charge in [-0.2, -0.15) is 0 Å². The summed E-state index contributed by atoms with van der Waals surface area (Å²) in [7, 11) is 5.36. The van der Waals surface area contributed by atoms with Crippen molar-refractivity contribution in [1.29, 1.82) is 0 Å². The molecule has 0 aromatic carbocycles. The molecule has 0 bridgehead atoms. The van der Waals surface area contributed by atoms with Crippen LogP contribution >= 0.6 is 0 Å². The van der Waals surface area contributed by atoms with Crippen molar-refractivity contribution < 1.29 is 9.18 Å². The summed E-state index contributed by atoms with van der Waals surface area (Å²) in [5.74, 6) is -0.775. The van der Waals surface area contributed by atoms with E-state index in [2.05, 4.69) is 15.2 Å². The van der Waals surface area contributed by atoms with Crippen LogP contribution in [0.2, 0.25) is 0 Å². The van der Waals surface area contributed by atoms with Crippen LogP contribution < -0.4 is 5.32 Å². The topological polar surface area (TPSA) is 48.5 Å². The van der Waals surface area contributed by atoms with Crippen molar-refractivity contribution in [1.82, 2.24) is 14.8 Å². The van der Waals surface area contributed by atoms with E-state index in [0.29, 0.717) is 0 Å². The van der Waals surface area contributed by atoms with Crippen LogP contribution in [0.15, 0.2) is 12.3 Å². The van der Waals surface area contributed by atoms with Gasteiger partial charge in [-0.05, 0) is 32.5 Å². The number of nitrogens with zero attached hydrogens (tertiary/aromatic N) is 3. The summed E-state index contributed by atoms with van der Waals surface area (Å²) in [5, 5.41) is 2.65. The molecule has 1 aromatic heterocycles. The number of hydrogen-bond donors (Lipinski definition) is 1. The molecule has 1 unspecified atom stereocenters. The molecule has 0 radical (unpaired) electrons. The van der Waals surface area contributed by atoms with E-state index in [1.165, 1.54) is 12.3 Å². The second kappa shape index (κ2) is 6.17. The average molecular weight is 280 g/mol. The first-order valence-corrected chi connectivity index (χ1v) is 6.82. The molecule has 1 aromatic rings. The Bertz CT molecular complexity index is 494. The Kier molecular flexibility index (Phi) is 4.54. The number of pyridine rings is 1. The van der Waals surface area contributed by atoms with Crippen molar-refractivity contribution in [3.63, 3.8) is 0 Å². The molecule has 1 fully saturated rings. The van der Waals surface area contributed by atoms with Gasteiger partial charge in [-0.15, -0.1) is 0 Å². The third-order valence-corrected chi connectivity index (χ3v) is 3.82. The lowest BCUT2D eigenvalue weighted by Gasteiger charge is -2.35. The Hall–Kier alpha value is -1.69. The highest BCUT2D eigenvalue weighted by Crippen LogP contribution is 2.19. The van der Waals surface area contributed by atoms with Gasteiger partial charge in [0.15, 0.2) is 11.6 Å². The molecule has 0 aliphatic carbocycles. The first-order chi connectivity index (χ1) is 9.54. The minimum atomic E-state index is -0.587. The van der Waals surface area contributed by atoms with Crippen molar-refractivity contribution >= 4 is 11.7 Å². The van der Waals surface area contributed by atoms with Crippen molar-refractivity contribution in [3.8, 4) is 0 Å². The molecule has 1 amide bonds. The highest BCUT2D eigenvalue weighted by atomic mass is 19.1. The maximum Gasteiger partial charge on any atom is 0.257 e. The Morgan fingerprint density at radius 1 is 1.60 bits per heavy atom. The van der Waals surface area contributed by atoms with Crippen molar-refractivity contribution in [3.05, 3.63) is 23.6 Å². The van der Waals surface area contributed by atoms with E-state index in [4.69, 9.17) is 0 Å². The molecule has 1 aliphatic heterocycles. The standard InChI is InChI=1S/C14H21FN4O/c1-16-13-12(15)11(6-7-17-13)14(20)19(3)10-5-4-8-18(2)9-10/h6-7,10H,4-5,8-9H2,1-3H3,(H,16,17). The molecule has 5 nitrogen and oxygen atoms in total. The van der Waals surface area contributed by atoms with Gasteiger partial charge in [0.1, 0.15) is 0 Å². The lowest BCUT2D eigenvalue weighted by Crippen LogP contribution is -2.47. The number of likely N-dealkylation sites (N-methyl/N-ethyl adjacent to an activating group) is 2. The number of nitrogens with one attached hydrogen (secondary N) is 1. The molecule has 0 spiro atoms. The van der Waals surface area contributed by atoms with Crippen LogP contribution in [0.4, 0.5) is 10.2 Å². The predicted molar refractivity (Wildman–Crippen MR) is 76.4 cm³/mol. The fourth-order valence-corrected chi connectivity index (χ4v) is 2.59. The lowest BCUT2D eigenvalue weighted by atomic mass is 10.0. The van der Waals surface area contributed by atoms with Crippen LogP contribution in [0.3, 0.4) is 0 Å². The first-order valence-electron chi connectivity index (χ1n) is 6.82. The molecule has 2 heterocycles. The summed E-state index contributed by atoms with van der Waals surface area (Å²) in [6, 6.07) is 1.56. The van der Waals surface area contributed by atoms with Crippen molar-refractivity contribution in [2.75, 3.05) is 39.5 Å². The fraction of sp³-hybridized carbons (Fsp3) is 0.571. The SMILES string of the molecule is CNc1nccc(C(=O)N(C)C2CCCN(C)C2)c1F. The molecule has 6 heteroatoms. The van der Waals surface area contributed by atoms with E-state index in [-0.39, 0.29) is 23.3 Å². The Balaban J connectivity index is 2.18. The summed E-state index contributed by atoms with van der Waals surface area (Å²) >= 11 is 0. The smallest absolute Gasteiger partial charge is 0.257 e. The average Bonchev–Trinajstić information content (AvgIpc) is 2.46. The van der Waals surface area contributed by atoms with Gasteiger partial charge in [0.25, 0.3) is 5.91 Å². The number of hydrogen-bond acceptors (Lipinski definition) is 4. The first kappa shape index (κ1) is 14.7. The van der Waals surface area contributed by atoms with Gasteiger partial charge in [-0.3, -0.25) is 4.79 Å². The fourth-order valence-electron chi connectivity index (χ4n) is 2.59. The molecule has 1 N–H and O–H groups in total. The number of carbonyl (C=O) groups excluding carboxylic acids is 1. The second-order valence-corrected chi connectivity index (χ2v) is 5.25. The Morgan fingerprint density at radius 2 is 2.35 bits per heavy atom. The molecule has 1 aliphatic rings. The number of rotatable bonds is 3. The molecule has 2 rings (SSSR count). The van der Waals surface area contributed by atoms with E-state index >= 15 is 0 Å². The van der Waals surface area contributed by atoms with Crippen LogP contribution in [0, 0.1) is 5.82 Å². The highest BCUT2D eigenvalue weighted by Gasteiger charge is 2.27. The Morgan fingerprint density at radius 3 is 3.00 bits per heavy atom. The van der Waals surface area contributed by atoms with Gasteiger partial charge in [0, 0.05) is 32.9 Å². The number of carbonyl (C=O) groups is 1. The quantitative estimate of drug-likeness (QED) is 0.910. The molecular formula is C14H21FN4O. The van der Waals surface area contributed by atoms with E-state index in [1.807, 2.05) is 7.05 Å². The summed E-state index contributed by atoms with van der Waals surface area (Å²) in [5.41, 5.74) is 0.0695. The van der Waals surface area contributed by atoms with Crippen LogP contribution in [-0.4, -0.2) is 61.0 Å². The monoisotopic (exact) mass is 280 g/mol. The molecule has 1 atom stereocenters.